The Morgan fingerprint density at radius 1 is 1.29 bits per heavy atom. The summed E-state index contributed by atoms with van der Waals surface area (Å²) < 4.78 is 0. The van der Waals surface area contributed by atoms with Gasteiger partial charge in [0.15, 0.2) is 0 Å². The number of rotatable bonds is 6. The normalized spacial score (nSPS) is 9.94. The van der Waals surface area contributed by atoms with Gasteiger partial charge in [0.25, 0.3) is 0 Å². The average molecular weight is 235 g/mol. The van der Waals surface area contributed by atoms with Gasteiger partial charge in [-0.15, -0.1) is 0 Å². The van der Waals surface area contributed by atoms with Crippen LogP contribution in [0.1, 0.15) is 24.0 Å². The highest BCUT2D eigenvalue weighted by Gasteiger charge is 2.03. The molecule has 4 nitrogen and oxygen atoms in total. The maximum absolute atomic E-state index is 11.4. The number of carbonyl (C=O) groups excluding carboxylic acids is 1. The fraction of sp³-hybridized carbons (Fsp3) is 0.385. The maximum Gasteiger partial charge on any atom is 0.305 e. The highest BCUT2D eigenvalue weighted by Crippen LogP contribution is 2.06. The van der Waals surface area contributed by atoms with E-state index in [9.17, 15) is 9.59 Å². The van der Waals surface area contributed by atoms with E-state index in [0.717, 1.165) is 5.56 Å². The summed E-state index contributed by atoms with van der Waals surface area (Å²) in [6, 6.07) is 8.01. The number of hydrogen-bond acceptors (Lipinski definition) is 2. The smallest absolute Gasteiger partial charge is 0.305 e. The van der Waals surface area contributed by atoms with Crippen molar-refractivity contribution in [2.75, 3.05) is 6.54 Å². The van der Waals surface area contributed by atoms with E-state index in [1.165, 1.54) is 5.56 Å². The number of aliphatic carboxylic acids is 1. The first-order valence-corrected chi connectivity index (χ1v) is 5.62. The number of carbonyl (C=O) groups is 2. The Morgan fingerprint density at radius 2 is 2.06 bits per heavy atom. The van der Waals surface area contributed by atoms with Crippen molar-refractivity contribution in [3.8, 4) is 0 Å². The maximum atomic E-state index is 11.4. The molecule has 1 rings (SSSR count). The molecule has 0 unspecified atom stereocenters. The van der Waals surface area contributed by atoms with Crippen LogP contribution < -0.4 is 5.32 Å². The summed E-state index contributed by atoms with van der Waals surface area (Å²) in [5, 5.41) is 11.0. The van der Waals surface area contributed by atoms with Crippen LogP contribution in [0, 0.1) is 6.92 Å². The second kappa shape index (κ2) is 6.68. The Bertz CT molecular complexity index is 401. The van der Waals surface area contributed by atoms with E-state index in [4.69, 9.17) is 5.11 Å². The molecular formula is C13H17NO3. The van der Waals surface area contributed by atoms with E-state index in [1.807, 2.05) is 31.2 Å². The highest BCUT2D eigenvalue weighted by molar-refractivity contribution is 5.77. The third-order valence-corrected chi connectivity index (χ3v) is 2.38. The molecule has 0 bridgehead atoms. The van der Waals surface area contributed by atoms with Crippen LogP contribution >= 0.6 is 0 Å². The molecule has 1 aromatic carbocycles. The molecule has 0 spiro atoms. The van der Waals surface area contributed by atoms with Gasteiger partial charge in [-0.05, 0) is 18.9 Å². The Balaban J connectivity index is 2.26. The van der Waals surface area contributed by atoms with Gasteiger partial charge in [0, 0.05) is 13.0 Å². The van der Waals surface area contributed by atoms with E-state index in [2.05, 4.69) is 5.32 Å². The largest absolute Gasteiger partial charge is 0.481 e. The number of nitrogens with one attached hydrogen (secondary N) is 1. The van der Waals surface area contributed by atoms with Crippen molar-refractivity contribution in [3.05, 3.63) is 35.4 Å². The summed E-state index contributed by atoms with van der Waals surface area (Å²) in [6.45, 7) is 2.21. The average Bonchev–Trinajstić information content (AvgIpc) is 2.26. The minimum atomic E-state index is -0.899. The number of carboxylic acids is 1. The highest BCUT2D eigenvalue weighted by atomic mass is 16.4. The number of aryl methyl sites for hydroxylation is 2. The Labute approximate surface area is 101 Å². The molecular weight excluding hydrogens is 218 g/mol. The molecule has 0 aliphatic rings. The molecule has 0 saturated heterocycles. The summed E-state index contributed by atoms with van der Waals surface area (Å²) in [6.07, 6.45) is 1.04. The summed E-state index contributed by atoms with van der Waals surface area (Å²) >= 11 is 0. The third kappa shape index (κ3) is 5.70. The lowest BCUT2D eigenvalue weighted by Gasteiger charge is -2.04. The van der Waals surface area contributed by atoms with E-state index >= 15 is 0 Å². The Kier molecular flexibility index (Phi) is 5.20. The lowest BCUT2D eigenvalue weighted by atomic mass is 10.1. The zero-order valence-corrected chi connectivity index (χ0v) is 9.90. The molecule has 1 aromatic rings. The van der Waals surface area contributed by atoms with Crippen LogP contribution in [0.3, 0.4) is 0 Å². The quantitative estimate of drug-likeness (QED) is 0.785. The fourth-order valence-corrected chi connectivity index (χ4v) is 1.52. The molecule has 0 saturated carbocycles. The van der Waals surface area contributed by atoms with E-state index in [0.29, 0.717) is 12.8 Å². The van der Waals surface area contributed by atoms with Gasteiger partial charge in [0.05, 0.1) is 6.42 Å². The summed E-state index contributed by atoms with van der Waals surface area (Å²) in [5.74, 6) is -1.00. The van der Waals surface area contributed by atoms with Gasteiger partial charge in [0.1, 0.15) is 0 Å². The molecule has 17 heavy (non-hydrogen) atoms. The van der Waals surface area contributed by atoms with Crippen LogP contribution in [-0.2, 0) is 16.0 Å². The van der Waals surface area contributed by atoms with Crippen molar-refractivity contribution in [2.24, 2.45) is 0 Å². The molecule has 0 aliphatic carbocycles. The van der Waals surface area contributed by atoms with Crippen molar-refractivity contribution in [3.63, 3.8) is 0 Å². The van der Waals surface area contributed by atoms with E-state index in [-0.39, 0.29) is 18.9 Å². The van der Waals surface area contributed by atoms with Crippen LogP contribution in [-0.4, -0.2) is 23.5 Å². The first-order chi connectivity index (χ1) is 8.08. The van der Waals surface area contributed by atoms with Gasteiger partial charge < -0.3 is 10.4 Å². The molecule has 0 heterocycles. The lowest BCUT2D eigenvalue weighted by Crippen LogP contribution is -2.26. The number of hydrogen-bond donors (Lipinski definition) is 2. The molecule has 0 aliphatic heterocycles. The van der Waals surface area contributed by atoms with Gasteiger partial charge in [-0.25, -0.2) is 0 Å². The molecule has 4 heteroatoms. The minimum absolute atomic E-state index is 0.0316. The van der Waals surface area contributed by atoms with Crippen molar-refractivity contribution in [1.82, 2.24) is 5.32 Å². The predicted molar refractivity (Wildman–Crippen MR) is 64.8 cm³/mol. The van der Waals surface area contributed by atoms with Crippen molar-refractivity contribution >= 4 is 11.9 Å². The zero-order chi connectivity index (χ0) is 12.7. The SMILES string of the molecule is Cc1cccc(CCC(=O)NCCC(=O)O)c1. The molecule has 0 fully saturated rings. The van der Waals surface area contributed by atoms with Crippen molar-refractivity contribution < 1.29 is 14.7 Å². The van der Waals surface area contributed by atoms with Gasteiger partial charge >= 0.3 is 5.97 Å². The van der Waals surface area contributed by atoms with E-state index < -0.39 is 5.97 Å². The Morgan fingerprint density at radius 3 is 2.71 bits per heavy atom. The molecule has 2 N–H and O–H groups in total. The molecule has 92 valence electrons. The fourth-order valence-electron chi connectivity index (χ4n) is 1.52. The van der Waals surface area contributed by atoms with Gasteiger partial charge in [-0.2, -0.15) is 0 Å². The number of benzene rings is 1. The topological polar surface area (TPSA) is 66.4 Å². The molecule has 0 radical (unpaired) electrons. The molecule has 0 aromatic heterocycles. The predicted octanol–water partition coefficient (Wildman–Crippen LogP) is 1.52. The lowest BCUT2D eigenvalue weighted by molar-refractivity contribution is -0.136. The third-order valence-electron chi connectivity index (χ3n) is 2.38. The monoisotopic (exact) mass is 235 g/mol. The van der Waals surface area contributed by atoms with Gasteiger partial charge in [-0.3, -0.25) is 9.59 Å². The minimum Gasteiger partial charge on any atom is -0.481 e. The second-order valence-electron chi connectivity index (χ2n) is 3.98. The number of carboxylic acid groups (broad SMARTS) is 1. The Hall–Kier alpha value is -1.84. The van der Waals surface area contributed by atoms with Crippen molar-refractivity contribution in [1.29, 1.82) is 0 Å². The van der Waals surface area contributed by atoms with Crippen molar-refractivity contribution in [2.45, 2.75) is 26.2 Å². The first-order valence-electron chi connectivity index (χ1n) is 5.62. The molecule has 1 amide bonds. The van der Waals surface area contributed by atoms with Gasteiger partial charge in [0.2, 0.25) is 5.91 Å². The summed E-state index contributed by atoms with van der Waals surface area (Å²) in [4.78, 5) is 21.6. The first kappa shape index (κ1) is 13.2. The van der Waals surface area contributed by atoms with Crippen LogP contribution in [0.2, 0.25) is 0 Å². The zero-order valence-electron chi connectivity index (χ0n) is 9.90. The standard InChI is InChI=1S/C13H17NO3/c1-10-3-2-4-11(9-10)5-6-12(15)14-8-7-13(16)17/h2-4,9H,5-8H2,1H3,(H,14,15)(H,16,17). The van der Waals surface area contributed by atoms with Gasteiger partial charge in [-0.1, -0.05) is 29.8 Å². The summed E-state index contributed by atoms with van der Waals surface area (Å²) in [7, 11) is 0. The van der Waals surface area contributed by atoms with Crippen LogP contribution in [0.25, 0.3) is 0 Å². The second-order valence-corrected chi connectivity index (χ2v) is 3.98. The summed E-state index contributed by atoms with van der Waals surface area (Å²) in [5.41, 5.74) is 2.30. The van der Waals surface area contributed by atoms with E-state index in [1.54, 1.807) is 0 Å². The van der Waals surface area contributed by atoms with Crippen LogP contribution in [0.4, 0.5) is 0 Å². The number of amides is 1. The van der Waals surface area contributed by atoms with Crippen LogP contribution in [0.5, 0.6) is 0 Å². The van der Waals surface area contributed by atoms with Crippen LogP contribution in [0.15, 0.2) is 24.3 Å². The molecule has 0 atom stereocenters.